The minimum atomic E-state index is -0.0402. The summed E-state index contributed by atoms with van der Waals surface area (Å²) in [6.45, 7) is 6.13. The van der Waals surface area contributed by atoms with Crippen LogP contribution in [0.2, 0.25) is 0 Å². The molecule has 0 heterocycles. The number of methoxy groups -OCH3 is 1. The molecule has 0 rings (SSSR count). The van der Waals surface area contributed by atoms with Crippen LogP contribution in [0.1, 0.15) is 40.0 Å². The second kappa shape index (κ2) is 5.92. The van der Waals surface area contributed by atoms with Crippen LogP contribution in [0.5, 0.6) is 0 Å². The number of hydrogen-bond acceptors (Lipinski definition) is 2. The predicted molar refractivity (Wildman–Crippen MR) is 54.8 cm³/mol. The van der Waals surface area contributed by atoms with Gasteiger partial charge in [0.15, 0.2) is 0 Å². The number of allylic oxidation sites excluding steroid dienone is 2. The second-order valence-electron chi connectivity index (χ2n) is 3.97. The third kappa shape index (κ3) is 6.52. The summed E-state index contributed by atoms with van der Waals surface area (Å²) in [5, 5.41) is 0. The van der Waals surface area contributed by atoms with Crippen molar-refractivity contribution in [2.24, 2.45) is 0 Å². The van der Waals surface area contributed by atoms with E-state index >= 15 is 0 Å². The van der Waals surface area contributed by atoms with Gasteiger partial charge in [-0.05, 0) is 46.1 Å². The summed E-state index contributed by atoms with van der Waals surface area (Å²) >= 11 is 0. The summed E-state index contributed by atoms with van der Waals surface area (Å²) in [7, 11) is 1.73. The molecule has 0 radical (unpaired) electrons. The fourth-order valence-corrected chi connectivity index (χ4v) is 1.09. The summed E-state index contributed by atoms with van der Waals surface area (Å²) in [4.78, 5) is 10.1. The Balaban J connectivity index is 3.67. The van der Waals surface area contributed by atoms with Crippen LogP contribution in [0.15, 0.2) is 11.6 Å². The van der Waals surface area contributed by atoms with Crippen LogP contribution in [0.3, 0.4) is 0 Å². The first-order valence-corrected chi connectivity index (χ1v) is 4.68. The highest BCUT2D eigenvalue weighted by Gasteiger charge is 2.14. The topological polar surface area (TPSA) is 26.3 Å². The molecule has 0 aromatic rings. The van der Waals surface area contributed by atoms with Gasteiger partial charge in [0.05, 0.1) is 5.60 Å². The number of hydrogen-bond donors (Lipinski definition) is 0. The molecule has 0 amide bonds. The Bertz CT molecular complexity index is 181. The number of carbonyl (C=O) groups excluding carboxylic acids is 1. The minimum Gasteiger partial charge on any atom is -0.379 e. The lowest BCUT2D eigenvalue weighted by molar-refractivity contribution is -0.104. The Morgan fingerprint density at radius 2 is 2.08 bits per heavy atom. The van der Waals surface area contributed by atoms with E-state index in [4.69, 9.17) is 4.74 Å². The van der Waals surface area contributed by atoms with Gasteiger partial charge in [0.2, 0.25) is 0 Å². The molecular weight excluding hydrogens is 164 g/mol. The van der Waals surface area contributed by atoms with Crippen LogP contribution in [-0.2, 0) is 9.53 Å². The normalized spacial score (nSPS) is 13.1. The summed E-state index contributed by atoms with van der Waals surface area (Å²) in [5.41, 5.74) is 1.10. The van der Waals surface area contributed by atoms with Crippen LogP contribution in [0.25, 0.3) is 0 Å². The number of rotatable bonds is 6. The zero-order chi connectivity index (χ0) is 10.3. The first-order chi connectivity index (χ1) is 6.02. The lowest BCUT2D eigenvalue weighted by atomic mass is 9.99. The van der Waals surface area contributed by atoms with Gasteiger partial charge in [-0.2, -0.15) is 0 Å². The van der Waals surface area contributed by atoms with Crippen LogP contribution < -0.4 is 0 Å². The summed E-state index contributed by atoms with van der Waals surface area (Å²) < 4.78 is 5.29. The molecule has 0 fully saturated rings. The van der Waals surface area contributed by atoms with Gasteiger partial charge in [0.1, 0.15) is 6.29 Å². The van der Waals surface area contributed by atoms with Crippen molar-refractivity contribution in [3.63, 3.8) is 0 Å². The molecule has 0 aliphatic carbocycles. The molecule has 2 nitrogen and oxygen atoms in total. The van der Waals surface area contributed by atoms with E-state index in [-0.39, 0.29) is 5.60 Å². The van der Waals surface area contributed by atoms with Crippen molar-refractivity contribution >= 4 is 6.29 Å². The second-order valence-corrected chi connectivity index (χ2v) is 3.97. The van der Waals surface area contributed by atoms with Gasteiger partial charge in [-0.15, -0.1) is 0 Å². The van der Waals surface area contributed by atoms with E-state index in [2.05, 4.69) is 13.8 Å². The lowest BCUT2D eigenvalue weighted by Gasteiger charge is -2.22. The van der Waals surface area contributed by atoms with E-state index in [0.717, 1.165) is 31.1 Å². The molecule has 0 atom stereocenters. The quantitative estimate of drug-likeness (QED) is 0.468. The van der Waals surface area contributed by atoms with Gasteiger partial charge in [0.25, 0.3) is 0 Å². The van der Waals surface area contributed by atoms with Crippen LogP contribution in [0, 0.1) is 0 Å². The summed E-state index contributed by atoms with van der Waals surface area (Å²) in [6, 6.07) is 0. The summed E-state index contributed by atoms with van der Waals surface area (Å²) in [5.74, 6) is 0. The van der Waals surface area contributed by atoms with Crippen LogP contribution in [0.4, 0.5) is 0 Å². The van der Waals surface area contributed by atoms with E-state index in [1.807, 2.05) is 6.92 Å². The maximum absolute atomic E-state index is 10.1. The van der Waals surface area contributed by atoms with Crippen molar-refractivity contribution in [2.45, 2.75) is 45.6 Å². The van der Waals surface area contributed by atoms with E-state index in [1.54, 1.807) is 13.2 Å². The predicted octanol–water partition coefficient (Wildman–Crippen LogP) is 2.73. The van der Waals surface area contributed by atoms with Crippen molar-refractivity contribution in [3.8, 4) is 0 Å². The third-order valence-corrected chi connectivity index (χ3v) is 2.26. The standard InChI is InChI=1S/C11H20O2/c1-10(7-9-12)6-5-8-11(2,3)13-4/h7,9H,5-6,8H2,1-4H3/b10-7-. The SMILES string of the molecule is COC(C)(C)CCC/C(C)=C\C=O. The van der Waals surface area contributed by atoms with Gasteiger partial charge in [-0.3, -0.25) is 4.79 Å². The molecule has 0 aromatic heterocycles. The molecule has 0 bridgehead atoms. The van der Waals surface area contributed by atoms with E-state index in [0.29, 0.717) is 0 Å². The highest BCUT2D eigenvalue weighted by molar-refractivity contribution is 5.65. The zero-order valence-electron chi connectivity index (χ0n) is 9.09. The minimum absolute atomic E-state index is 0.0402. The number of ether oxygens (including phenoxy) is 1. The molecule has 0 N–H and O–H groups in total. The van der Waals surface area contributed by atoms with Crippen molar-refractivity contribution in [3.05, 3.63) is 11.6 Å². The van der Waals surface area contributed by atoms with Crippen molar-refractivity contribution in [1.29, 1.82) is 0 Å². The fraction of sp³-hybridized carbons (Fsp3) is 0.727. The molecule has 0 saturated carbocycles. The van der Waals surface area contributed by atoms with Crippen molar-refractivity contribution in [2.75, 3.05) is 7.11 Å². The average molecular weight is 184 g/mol. The van der Waals surface area contributed by atoms with Crippen molar-refractivity contribution < 1.29 is 9.53 Å². The molecular formula is C11H20O2. The molecule has 0 aliphatic heterocycles. The van der Waals surface area contributed by atoms with Crippen LogP contribution in [-0.4, -0.2) is 19.0 Å². The Morgan fingerprint density at radius 1 is 1.46 bits per heavy atom. The molecule has 2 heteroatoms. The summed E-state index contributed by atoms with van der Waals surface area (Å²) in [6.07, 6.45) is 5.53. The van der Waals surface area contributed by atoms with Gasteiger partial charge < -0.3 is 4.74 Å². The van der Waals surface area contributed by atoms with E-state index < -0.39 is 0 Å². The highest BCUT2D eigenvalue weighted by atomic mass is 16.5. The van der Waals surface area contributed by atoms with Crippen molar-refractivity contribution in [1.82, 2.24) is 0 Å². The monoisotopic (exact) mass is 184 g/mol. The lowest BCUT2D eigenvalue weighted by Crippen LogP contribution is -2.21. The molecule has 76 valence electrons. The maximum atomic E-state index is 10.1. The molecule has 0 saturated heterocycles. The Morgan fingerprint density at radius 3 is 2.54 bits per heavy atom. The third-order valence-electron chi connectivity index (χ3n) is 2.26. The first-order valence-electron chi connectivity index (χ1n) is 4.68. The maximum Gasteiger partial charge on any atom is 0.142 e. The first kappa shape index (κ1) is 12.4. The van der Waals surface area contributed by atoms with Gasteiger partial charge in [-0.1, -0.05) is 5.57 Å². The molecule has 0 aromatic carbocycles. The smallest absolute Gasteiger partial charge is 0.142 e. The Kier molecular flexibility index (Phi) is 5.63. The number of carbonyl (C=O) groups is 1. The van der Waals surface area contributed by atoms with E-state index in [9.17, 15) is 4.79 Å². The Hall–Kier alpha value is -0.630. The number of aldehydes is 1. The van der Waals surface area contributed by atoms with Gasteiger partial charge in [0, 0.05) is 7.11 Å². The fourth-order valence-electron chi connectivity index (χ4n) is 1.09. The average Bonchev–Trinajstić information content (AvgIpc) is 2.05. The molecule has 13 heavy (non-hydrogen) atoms. The highest BCUT2D eigenvalue weighted by Crippen LogP contribution is 2.18. The van der Waals surface area contributed by atoms with Crippen LogP contribution >= 0.6 is 0 Å². The molecule has 0 aliphatic rings. The largest absolute Gasteiger partial charge is 0.379 e. The van der Waals surface area contributed by atoms with Gasteiger partial charge in [-0.25, -0.2) is 0 Å². The van der Waals surface area contributed by atoms with E-state index in [1.165, 1.54) is 0 Å². The zero-order valence-corrected chi connectivity index (χ0v) is 9.09. The Labute approximate surface area is 81.0 Å². The molecule has 0 unspecified atom stereocenters. The molecule has 0 spiro atoms. The van der Waals surface area contributed by atoms with Gasteiger partial charge >= 0.3 is 0 Å².